The molecule has 0 spiro atoms. The van der Waals surface area contributed by atoms with E-state index < -0.39 is 28.5 Å². The molecule has 8 heteroatoms. The maximum Gasteiger partial charge on any atom is 0.264 e. The highest BCUT2D eigenvalue weighted by atomic mass is 32.2. The van der Waals surface area contributed by atoms with E-state index in [9.17, 15) is 18.0 Å². The molecule has 0 aliphatic carbocycles. The molecule has 0 aromatic heterocycles. The lowest BCUT2D eigenvalue weighted by atomic mass is 10.1. The van der Waals surface area contributed by atoms with Gasteiger partial charge in [0.15, 0.2) is 0 Å². The monoisotopic (exact) mass is 521 g/mol. The first-order chi connectivity index (χ1) is 17.7. The van der Waals surface area contributed by atoms with Crippen molar-refractivity contribution in [3.05, 3.63) is 96.1 Å². The van der Waals surface area contributed by atoms with Gasteiger partial charge in [-0.2, -0.15) is 0 Å². The molecule has 1 atom stereocenters. The summed E-state index contributed by atoms with van der Waals surface area (Å²) in [4.78, 5) is 28.2. The largest absolute Gasteiger partial charge is 0.354 e. The second-order valence-electron chi connectivity index (χ2n) is 8.95. The maximum absolute atomic E-state index is 13.8. The van der Waals surface area contributed by atoms with Gasteiger partial charge in [-0.1, -0.05) is 67.6 Å². The third kappa shape index (κ3) is 7.43. The van der Waals surface area contributed by atoms with Crippen molar-refractivity contribution in [1.82, 2.24) is 10.2 Å². The fraction of sp³-hybridized carbons (Fsp3) is 0.310. The Morgan fingerprint density at radius 2 is 1.57 bits per heavy atom. The molecule has 0 heterocycles. The van der Waals surface area contributed by atoms with E-state index in [1.54, 1.807) is 43.3 Å². The van der Waals surface area contributed by atoms with Crippen LogP contribution in [0.25, 0.3) is 0 Å². The van der Waals surface area contributed by atoms with Crippen LogP contribution in [0.3, 0.4) is 0 Å². The van der Waals surface area contributed by atoms with Crippen molar-refractivity contribution in [1.29, 1.82) is 0 Å². The van der Waals surface area contributed by atoms with E-state index in [0.29, 0.717) is 18.7 Å². The summed E-state index contributed by atoms with van der Waals surface area (Å²) in [6.45, 7) is 5.85. The number of amides is 2. The average molecular weight is 522 g/mol. The van der Waals surface area contributed by atoms with E-state index >= 15 is 0 Å². The molecule has 0 saturated heterocycles. The van der Waals surface area contributed by atoms with Gasteiger partial charge in [0, 0.05) is 13.1 Å². The van der Waals surface area contributed by atoms with E-state index in [0.717, 1.165) is 21.9 Å². The molecule has 0 radical (unpaired) electrons. The predicted molar refractivity (Wildman–Crippen MR) is 147 cm³/mol. The number of carbonyl (C=O) groups is 2. The lowest BCUT2D eigenvalue weighted by Crippen LogP contribution is -2.52. The molecular formula is C29H35N3O4S. The van der Waals surface area contributed by atoms with Crippen molar-refractivity contribution >= 4 is 27.5 Å². The summed E-state index contributed by atoms with van der Waals surface area (Å²) in [5, 5.41) is 2.85. The van der Waals surface area contributed by atoms with Crippen molar-refractivity contribution in [2.24, 2.45) is 0 Å². The van der Waals surface area contributed by atoms with E-state index in [-0.39, 0.29) is 17.3 Å². The number of nitrogens with one attached hydrogen (secondary N) is 1. The first kappa shape index (κ1) is 27.9. The zero-order valence-electron chi connectivity index (χ0n) is 21.6. The second kappa shape index (κ2) is 13.1. The molecule has 0 aliphatic heterocycles. The predicted octanol–water partition coefficient (Wildman–Crippen LogP) is 4.18. The summed E-state index contributed by atoms with van der Waals surface area (Å²) in [5.74, 6) is -0.715. The first-order valence-electron chi connectivity index (χ1n) is 12.5. The SMILES string of the molecule is CCCNC(=O)[C@H](C)N(CCc1ccccc1)C(=O)CN(c1cccc(C)c1)S(=O)(=O)c1ccccc1. The summed E-state index contributed by atoms with van der Waals surface area (Å²) in [6.07, 6.45) is 1.31. The van der Waals surface area contributed by atoms with Gasteiger partial charge >= 0.3 is 0 Å². The summed E-state index contributed by atoms with van der Waals surface area (Å²) in [6, 6.07) is 24.0. The maximum atomic E-state index is 13.8. The van der Waals surface area contributed by atoms with Crippen LogP contribution < -0.4 is 9.62 Å². The van der Waals surface area contributed by atoms with Crippen LogP contribution in [0.1, 0.15) is 31.4 Å². The quantitative estimate of drug-likeness (QED) is 0.388. The topological polar surface area (TPSA) is 86.8 Å². The average Bonchev–Trinajstić information content (AvgIpc) is 2.91. The molecule has 0 fully saturated rings. The Balaban J connectivity index is 1.95. The van der Waals surface area contributed by atoms with E-state index in [1.165, 1.54) is 17.0 Å². The highest BCUT2D eigenvalue weighted by Crippen LogP contribution is 2.25. The van der Waals surface area contributed by atoms with E-state index in [2.05, 4.69) is 5.32 Å². The smallest absolute Gasteiger partial charge is 0.264 e. The second-order valence-corrected chi connectivity index (χ2v) is 10.8. The first-order valence-corrected chi connectivity index (χ1v) is 13.9. The van der Waals surface area contributed by atoms with Crippen LogP contribution in [0.2, 0.25) is 0 Å². The van der Waals surface area contributed by atoms with Gasteiger partial charge in [0.05, 0.1) is 10.6 Å². The Labute approximate surface area is 220 Å². The zero-order valence-corrected chi connectivity index (χ0v) is 22.4. The number of sulfonamides is 1. The number of nitrogens with zero attached hydrogens (tertiary/aromatic N) is 2. The van der Waals surface area contributed by atoms with Crippen LogP contribution in [0.15, 0.2) is 89.8 Å². The number of carbonyl (C=O) groups excluding carboxylic acids is 2. The van der Waals surface area contributed by atoms with Gasteiger partial charge in [-0.15, -0.1) is 0 Å². The molecule has 196 valence electrons. The van der Waals surface area contributed by atoms with Crippen LogP contribution in [0.5, 0.6) is 0 Å². The van der Waals surface area contributed by atoms with Gasteiger partial charge in [0.25, 0.3) is 10.0 Å². The summed E-state index contributed by atoms with van der Waals surface area (Å²) < 4.78 is 28.5. The highest BCUT2D eigenvalue weighted by molar-refractivity contribution is 7.92. The number of benzene rings is 3. The van der Waals surface area contributed by atoms with Gasteiger partial charge in [-0.05, 0) is 62.1 Å². The van der Waals surface area contributed by atoms with Gasteiger partial charge in [-0.3, -0.25) is 13.9 Å². The fourth-order valence-electron chi connectivity index (χ4n) is 4.00. The molecule has 0 unspecified atom stereocenters. The molecule has 1 N–H and O–H groups in total. The number of anilines is 1. The Bertz CT molecular complexity index is 1280. The third-order valence-electron chi connectivity index (χ3n) is 6.10. The van der Waals surface area contributed by atoms with E-state index in [1.807, 2.05) is 50.2 Å². The van der Waals surface area contributed by atoms with Crippen molar-refractivity contribution in [2.45, 2.75) is 44.6 Å². The lowest BCUT2D eigenvalue weighted by Gasteiger charge is -2.32. The van der Waals surface area contributed by atoms with Gasteiger partial charge < -0.3 is 10.2 Å². The van der Waals surface area contributed by atoms with Gasteiger partial charge in [-0.25, -0.2) is 8.42 Å². The minimum Gasteiger partial charge on any atom is -0.354 e. The molecule has 7 nitrogen and oxygen atoms in total. The standard InChI is InChI=1S/C29H35N3O4S/c1-4-19-30-29(34)24(3)31(20-18-25-13-7-5-8-14-25)28(33)22-32(26-15-11-12-23(2)21-26)37(35,36)27-16-9-6-10-17-27/h5-17,21,24H,4,18-20,22H2,1-3H3,(H,30,34)/t24-/m0/s1. The van der Waals surface area contributed by atoms with Crippen molar-refractivity contribution < 1.29 is 18.0 Å². The number of aryl methyl sites for hydroxylation is 1. The number of hydrogen-bond acceptors (Lipinski definition) is 4. The highest BCUT2D eigenvalue weighted by Gasteiger charge is 2.32. The van der Waals surface area contributed by atoms with E-state index in [4.69, 9.17) is 0 Å². The van der Waals surface area contributed by atoms with Gasteiger partial charge in [0.2, 0.25) is 11.8 Å². The minimum atomic E-state index is -4.04. The summed E-state index contributed by atoms with van der Waals surface area (Å²) >= 11 is 0. The van der Waals surface area contributed by atoms with Crippen LogP contribution in [0.4, 0.5) is 5.69 Å². The zero-order chi connectivity index (χ0) is 26.8. The fourth-order valence-corrected chi connectivity index (χ4v) is 5.42. The molecule has 37 heavy (non-hydrogen) atoms. The summed E-state index contributed by atoms with van der Waals surface area (Å²) in [7, 11) is -4.04. The minimum absolute atomic E-state index is 0.0916. The van der Waals surface area contributed by atoms with Crippen LogP contribution in [-0.4, -0.2) is 50.8 Å². The molecule has 0 aliphatic rings. The molecule has 0 saturated carbocycles. The van der Waals surface area contributed by atoms with Crippen molar-refractivity contribution in [3.8, 4) is 0 Å². The normalized spacial score (nSPS) is 12.0. The molecular weight excluding hydrogens is 486 g/mol. The number of hydrogen-bond donors (Lipinski definition) is 1. The molecule has 0 bridgehead atoms. The third-order valence-corrected chi connectivity index (χ3v) is 7.89. The summed E-state index contributed by atoms with van der Waals surface area (Å²) in [5.41, 5.74) is 2.28. The van der Waals surface area contributed by atoms with Crippen LogP contribution in [0, 0.1) is 6.92 Å². The molecule has 3 rings (SSSR count). The molecule has 3 aromatic carbocycles. The lowest BCUT2D eigenvalue weighted by molar-refractivity contribution is -0.138. The van der Waals surface area contributed by atoms with Crippen molar-refractivity contribution in [3.63, 3.8) is 0 Å². The van der Waals surface area contributed by atoms with Crippen LogP contribution >= 0.6 is 0 Å². The Morgan fingerprint density at radius 3 is 2.19 bits per heavy atom. The number of rotatable bonds is 12. The Morgan fingerprint density at radius 1 is 0.919 bits per heavy atom. The Hall–Kier alpha value is -3.65. The Kier molecular flexibility index (Phi) is 9.85. The molecule has 3 aromatic rings. The van der Waals surface area contributed by atoms with Crippen molar-refractivity contribution in [2.75, 3.05) is 23.9 Å². The molecule has 2 amide bonds. The van der Waals surface area contributed by atoms with Crippen LogP contribution in [-0.2, 0) is 26.0 Å². The van der Waals surface area contributed by atoms with Gasteiger partial charge in [0.1, 0.15) is 12.6 Å².